The Kier molecular flexibility index (Phi) is 3.10. The summed E-state index contributed by atoms with van der Waals surface area (Å²) in [7, 11) is 0. The molecule has 0 radical (unpaired) electrons. The summed E-state index contributed by atoms with van der Waals surface area (Å²) in [5.41, 5.74) is -0.266. The minimum atomic E-state index is -1.22. The summed E-state index contributed by atoms with van der Waals surface area (Å²) >= 11 is 3.09. The molecule has 2 aromatic rings. The smallest absolute Gasteiger partial charge is 0.399 e. The van der Waals surface area contributed by atoms with Gasteiger partial charge in [-0.25, -0.2) is 9.18 Å². The Morgan fingerprint density at radius 2 is 2.29 bits per heavy atom. The number of carboxylic acids is 1. The van der Waals surface area contributed by atoms with Crippen LogP contribution >= 0.6 is 15.9 Å². The van der Waals surface area contributed by atoms with Gasteiger partial charge in [0.15, 0.2) is 5.69 Å². The Labute approximate surface area is 103 Å². The van der Waals surface area contributed by atoms with E-state index in [1.165, 1.54) is 18.2 Å². The molecule has 1 aromatic carbocycles. The van der Waals surface area contributed by atoms with Crippen molar-refractivity contribution >= 4 is 21.9 Å². The van der Waals surface area contributed by atoms with Crippen molar-refractivity contribution in [3.05, 3.63) is 40.4 Å². The molecule has 0 aliphatic rings. The summed E-state index contributed by atoms with van der Waals surface area (Å²) in [6.07, 6.45) is 0.726. The zero-order valence-electron chi connectivity index (χ0n) is 8.18. The summed E-state index contributed by atoms with van der Waals surface area (Å²) in [5, 5.41) is 8.62. The molecule has 0 fully saturated rings. The molecule has 88 valence electrons. The molecule has 1 aromatic heterocycles. The van der Waals surface area contributed by atoms with E-state index < -0.39 is 11.8 Å². The molecule has 0 bridgehead atoms. The van der Waals surface area contributed by atoms with Gasteiger partial charge >= 0.3 is 12.0 Å². The molecule has 0 amide bonds. The van der Waals surface area contributed by atoms with Gasteiger partial charge in [0, 0.05) is 0 Å². The summed E-state index contributed by atoms with van der Waals surface area (Å²) in [5.74, 6) is -1.38. The third-order valence-corrected chi connectivity index (χ3v) is 2.41. The second kappa shape index (κ2) is 4.54. The highest BCUT2D eigenvalue weighted by atomic mass is 79.9. The molecule has 17 heavy (non-hydrogen) atoms. The fraction of sp³-hybridized carbons (Fsp3) is 0. The quantitative estimate of drug-likeness (QED) is 0.943. The van der Waals surface area contributed by atoms with E-state index in [0.717, 1.165) is 6.26 Å². The van der Waals surface area contributed by atoms with Gasteiger partial charge in [-0.1, -0.05) is 0 Å². The number of aromatic carboxylic acids is 1. The lowest BCUT2D eigenvalue weighted by Gasteiger charge is -2.02. The molecule has 5 nitrogen and oxygen atoms in total. The highest BCUT2D eigenvalue weighted by molar-refractivity contribution is 9.10. The predicted octanol–water partition coefficient (Wildman–Crippen LogP) is 3.07. The van der Waals surface area contributed by atoms with Gasteiger partial charge in [0.25, 0.3) is 0 Å². The molecule has 0 aliphatic heterocycles. The number of benzene rings is 1. The molecular formula is C10H5BrFNO4. The van der Waals surface area contributed by atoms with E-state index in [-0.39, 0.29) is 17.5 Å². The Morgan fingerprint density at radius 3 is 2.88 bits per heavy atom. The van der Waals surface area contributed by atoms with Crippen LogP contribution in [0.3, 0.4) is 0 Å². The van der Waals surface area contributed by atoms with Crippen molar-refractivity contribution in [1.82, 2.24) is 4.98 Å². The van der Waals surface area contributed by atoms with Gasteiger partial charge in [-0.05, 0) is 34.1 Å². The van der Waals surface area contributed by atoms with Crippen LogP contribution in [0.2, 0.25) is 0 Å². The van der Waals surface area contributed by atoms with Crippen LogP contribution in [0.5, 0.6) is 11.8 Å². The van der Waals surface area contributed by atoms with Gasteiger partial charge in [-0.15, -0.1) is 0 Å². The van der Waals surface area contributed by atoms with Crippen molar-refractivity contribution in [2.24, 2.45) is 0 Å². The Balaban J connectivity index is 2.22. The van der Waals surface area contributed by atoms with Crippen LogP contribution in [0, 0.1) is 5.82 Å². The molecule has 0 saturated heterocycles. The van der Waals surface area contributed by atoms with E-state index in [4.69, 9.17) is 14.3 Å². The van der Waals surface area contributed by atoms with Gasteiger partial charge in [-0.3, -0.25) is 0 Å². The average Bonchev–Trinajstić information content (AvgIpc) is 2.71. The summed E-state index contributed by atoms with van der Waals surface area (Å²) in [4.78, 5) is 14.1. The van der Waals surface area contributed by atoms with Crippen molar-refractivity contribution in [1.29, 1.82) is 0 Å². The molecule has 0 saturated carbocycles. The highest BCUT2D eigenvalue weighted by Crippen LogP contribution is 2.29. The number of hydrogen-bond donors (Lipinski definition) is 1. The van der Waals surface area contributed by atoms with E-state index in [9.17, 15) is 9.18 Å². The third-order valence-electron chi connectivity index (χ3n) is 1.79. The minimum Gasteiger partial charge on any atom is -0.476 e. The first-order valence-electron chi connectivity index (χ1n) is 4.38. The molecular weight excluding hydrogens is 297 g/mol. The first kappa shape index (κ1) is 11.6. The van der Waals surface area contributed by atoms with Crippen molar-refractivity contribution in [3.63, 3.8) is 0 Å². The first-order valence-corrected chi connectivity index (χ1v) is 5.17. The van der Waals surface area contributed by atoms with E-state index >= 15 is 0 Å². The van der Waals surface area contributed by atoms with E-state index in [1.54, 1.807) is 0 Å². The van der Waals surface area contributed by atoms with Gasteiger partial charge in [0.1, 0.15) is 17.8 Å². The molecule has 0 spiro atoms. The number of halogens is 2. The number of oxazole rings is 1. The summed E-state index contributed by atoms with van der Waals surface area (Å²) < 4.78 is 23.1. The number of ether oxygens (including phenoxy) is 1. The van der Waals surface area contributed by atoms with Crippen molar-refractivity contribution in [3.8, 4) is 11.8 Å². The number of carbonyl (C=O) groups is 1. The second-order valence-electron chi connectivity index (χ2n) is 2.98. The molecule has 0 unspecified atom stereocenters. The topological polar surface area (TPSA) is 72.6 Å². The van der Waals surface area contributed by atoms with Gasteiger partial charge in [0.2, 0.25) is 0 Å². The Morgan fingerprint density at radius 1 is 1.53 bits per heavy atom. The Hall–Kier alpha value is -1.89. The largest absolute Gasteiger partial charge is 0.476 e. The van der Waals surface area contributed by atoms with Crippen LogP contribution in [-0.4, -0.2) is 16.1 Å². The predicted molar refractivity (Wildman–Crippen MR) is 57.6 cm³/mol. The molecule has 1 heterocycles. The summed E-state index contributed by atoms with van der Waals surface area (Å²) in [6, 6.07) is 3.77. The van der Waals surface area contributed by atoms with E-state index in [1.807, 2.05) is 0 Å². The monoisotopic (exact) mass is 301 g/mol. The van der Waals surface area contributed by atoms with Crippen LogP contribution < -0.4 is 4.74 Å². The maximum absolute atomic E-state index is 12.8. The SMILES string of the molecule is O=C(O)c1coc(Oc2ccc(F)cc2Br)n1. The van der Waals surface area contributed by atoms with Gasteiger partial charge < -0.3 is 14.3 Å². The number of carboxylic acid groups (broad SMARTS) is 1. The molecule has 0 atom stereocenters. The zero-order chi connectivity index (χ0) is 12.4. The lowest BCUT2D eigenvalue weighted by atomic mass is 10.3. The van der Waals surface area contributed by atoms with Crippen molar-refractivity contribution in [2.75, 3.05) is 0 Å². The highest BCUT2D eigenvalue weighted by Gasteiger charge is 2.13. The van der Waals surface area contributed by atoms with Gasteiger partial charge in [-0.2, -0.15) is 4.98 Å². The fourth-order valence-electron chi connectivity index (χ4n) is 1.05. The molecule has 0 aliphatic carbocycles. The lowest BCUT2D eigenvalue weighted by Crippen LogP contribution is -1.96. The van der Waals surface area contributed by atoms with Crippen LogP contribution in [0.15, 0.2) is 33.4 Å². The maximum Gasteiger partial charge on any atom is 0.399 e. The molecule has 7 heteroatoms. The average molecular weight is 302 g/mol. The standard InChI is InChI=1S/C10H5BrFNO4/c11-6-3-5(12)1-2-8(6)17-10-13-7(4-16-10)9(14)15/h1-4H,(H,14,15). The van der Waals surface area contributed by atoms with Crippen LogP contribution in [0.1, 0.15) is 10.5 Å². The fourth-order valence-corrected chi connectivity index (χ4v) is 1.49. The van der Waals surface area contributed by atoms with Crippen LogP contribution in [-0.2, 0) is 0 Å². The Bertz CT molecular complexity index is 569. The van der Waals surface area contributed by atoms with Crippen molar-refractivity contribution in [2.45, 2.75) is 0 Å². The molecule has 1 N–H and O–H groups in total. The normalized spacial score (nSPS) is 10.2. The minimum absolute atomic E-state index is 0.227. The number of rotatable bonds is 3. The van der Waals surface area contributed by atoms with Crippen LogP contribution in [0.25, 0.3) is 0 Å². The zero-order valence-corrected chi connectivity index (χ0v) is 9.77. The maximum atomic E-state index is 12.8. The third kappa shape index (κ3) is 2.62. The number of nitrogens with zero attached hydrogens (tertiary/aromatic N) is 1. The van der Waals surface area contributed by atoms with Crippen molar-refractivity contribution < 1.29 is 23.4 Å². The first-order chi connectivity index (χ1) is 8.06. The number of hydrogen-bond acceptors (Lipinski definition) is 4. The second-order valence-corrected chi connectivity index (χ2v) is 3.83. The van der Waals surface area contributed by atoms with E-state index in [0.29, 0.717) is 4.47 Å². The number of aromatic nitrogens is 1. The molecule has 2 rings (SSSR count). The van der Waals surface area contributed by atoms with Gasteiger partial charge in [0.05, 0.1) is 4.47 Å². The van der Waals surface area contributed by atoms with Crippen LogP contribution in [0.4, 0.5) is 4.39 Å². The summed E-state index contributed by atoms with van der Waals surface area (Å²) in [6.45, 7) is 0. The lowest BCUT2D eigenvalue weighted by molar-refractivity contribution is 0.0690. The van der Waals surface area contributed by atoms with E-state index in [2.05, 4.69) is 20.9 Å².